The van der Waals surface area contributed by atoms with Gasteiger partial charge in [0.2, 0.25) is 0 Å². The van der Waals surface area contributed by atoms with Crippen LogP contribution < -0.4 is 5.73 Å². The Labute approximate surface area is 61.7 Å². The van der Waals surface area contributed by atoms with Crippen LogP contribution in [0.2, 0.25) is 0 Å². The number of rotatable bonds is 5. The van der Waals surface area contributed by atoms with Gasteiger partial charge in [0.25, 0.3) is 0 Å². The molecule has 0 aromatic carbocycles. The first-order valence-electron chi connectivity index (χ1n) is 3.21. The molecule has 0 radical (unpaired) electrons. The minimum atomic E-state index is 0.349. The zero-order chi connectivity index (χ0) is 7.11. The monoisotopic (exact) mass is 145 g/mol. The fourth-order valence-corrected chi connectivity index (χ4v) is 1.31. The summed E-state index contributed by atoms with van der Waals surface area (Å²) in [6.07, 6.45) is 3.03. The van der Waals surface area contributed by atoms with Crippen LogP contribution in [-0.2, 0) is 0 Å². The fraction of sp³-hybridized carbons (Fsp3) is 0.714. The molecule has 1 unspecified atom stereocenters. The molecule has 0 saturated heterocycles. The molecular weight excluding hydrogens is 130 g/mol. The van der Waals surface area contributed by atoms with Crippen molar-refractivity contribution >= 4 is 11.8 Å². The van der Waals surface area contributed by atoms with Crippen molar-refractivity contribution < 1.29 is 0 Å². The summed E-state index contributed by atoms with van der Waals surface area (Å²) < 4.78 is 0. The Morgan fingerprint density at radius 3 is 2.89 bits per heavy atom. The molecule has 0 bridgehead atoms. The van der Waals surface area contributed by atoms with E-state index in [4.69, 9.17) is 5.73 Å². The van der Waals surface area contributed by atoms with E-state index in [1.54, 1.807) is 0 Å². The highest BCUT2D eigenvalue weighted by molar-refractivity contribution is 7.99. The molecule has 0 spiro atoms. The third-order valence-electron chi connectivity index (χ3n) is 0.953. The lowest BCUT2D eigenvalue weighted by molar-refractivity contribution is 0.721. The lowest BCUT2D eigenvalue weighted by Gasteiger charge is -2.01. The Kier molecular flexibility index (Phi) is 6.21. The van der Waals surface area contributed by atoms with Crippen LogP contribution in [0.4, 0.5) is 0 Å². The van der Waals surface area contributed by atoms with Gasteiger partial charge in [-0.25, -0.2) is 0 Å². The van der Waals surface area contributed by atoms with Crippen molar-refractivity contribution in [3.63, 3.8) is 0 Å². The van der Waals surface area contributed by atoms with Gasteiger partial charge in [0.15, 0.2) is 0 Å². The van der Waals surface area contributed by atoms with E-state index in [1.807, 2.05) is 24.8 Å². The number of thioether (sulfide) groups is 1. The van der Waals surface area contributed by atoms with Crippen molar-refractivity contribution in [1.82, 2.24) is 0 Å². The van der Waals surface area contributed by atoms with E-state index in [9.17, 15) is 0 Å². The smallest absolute Gasteiger partial charge is 0.0110 e. The van der Waals surface area contributed by atoms with E-state index < -0.39 is 0 Å². The highest BCUT2D eigenvalue weighted by Gasteiger charge is 1.91. The largest absolute Gasteiger partial charge is 0.328 e. The highest BCUT2D eigenvalue weighted by atomic mass is 32.2. The molecule has 1 atom stereocenters. The number of nitrogens with two attached hydrogens (primary N) is 1. The van der Waals surface area contributed by atoms with E-state index in [0.29, 0.717) is 6.04 Å². The molecule has 2 heteroatoms. The highest BCUT2D eigenvalue weighted by Crippen LogP contribution is 2.02. The summed E-state index contributed by atoms with van der Waals surface area (Å²) in [7, 11) is 0. The molecule has 1 nitrogen and oxygen atoms in total. The maximum Gasteiger partial charge on any atom is 0.0110 e. The SMILES string of the molecule is C=CCSCCC(C)N. The molecule has 0 rings (SSSR count). The molecule has 0 heterocycles. The van der Waals surface area contributed by atoms with Gasteiger partial charge in [0.05, 0.1) is 0 Å². The Morgan fingerprint density at radius 1 is 1.78 bits per heavy atom. The Morgan fingerprint density at radius 2 is 2.44 bits per heavy atom. The maximum atomic E-state index is 5.54. The molecule has 0 aliphatic rings. The molecule has 0 amide bonds. The van der Waals surface area contributed by atoms with Gasteiger partial charge in [0.1, 0.15) is 0 Å². The summed E-state index contributed by atoms with van der Waals surface area (Å²) in [5.41, 5.74) is 5.54. The van der Waals surface area contributed by atoms with E-state index in [1.165, 1.54) is 0 Å². The number of hydrogen-bond donors (Lipinski definition) is 1. The maximum absolute atomic E-state index is 5.54. The van der Waals surface area contributed by atoms with Crippen LogP contribution in [0.5, 0.6) is 0 Å². The summed E-state index contributed by atoms with van der Waals surface area (Å²) in [5, 5.41) is 0. The molecule has 54 valence electrons. The summed E-state index contributed by atoms with van der Waals surface area (Å²) in [5.74, 6) is 2.20. The Hall–Kier alpha value is 0.0500. The van der Waals surface area contributed by atoms with Crippen LogP contribution in [0.1, 0.15) is 13.3 Å². The average Bonchev–Trinajstić information content (AvgIpc) is 1.80. The van der Waals surface area contributed by atoms with Crippen molar-refractivity contribution in [3.8, 4) is 0 Å². The topological polar surface area (TPSA) is 26.0 Å². The Balaban J connectivity index is 2.82. The second-order valence-electron chi connectivity index (χ2n) is 2.13. The van der Waals surface area contributed by atoms with Crippen molar-refractivity contribution in [1.29, 1.82) is 0 Å². The van der Waals surface area contributed by atoms with Crippen LogP contribution >= 0.6 is 11.8 Å². The van der Waals surface area contributed by atoms with Gasteiger partial charge in [0, 0.05) is 11.8 Å². The first kappa shape index (κ1) is 9.05. The standard InChI is InChI=1S/C7H15NS/c1-3-5-9-6-4-7(2)8/h3,7H,1,4-6,8H2,2H3. The van der Waals surface area contributed by atoms with Gasteiger partial charge >= 0.3 is 0 Å². The quantitative estimate of drug-likeness (QED) is 0.470. The second-order valence-corrected chi connectivity index (χ2v) is 3.28. The lowest BCUT2D eigenvalue weighted by atomic mass is 10.3. The number of hydrogen-bond acceptors (Lipinski definition) is 2. The van der Waals surface area contributed by atoms with Crippen LogP contribution in [0.3, 0.4) is 0 Å². The molecule has 0 saturated carbocycles. The average molecular weight is 145 g/mol. The molecule has 0 aromatic rings. The summed E-state index contributed by atoms with van der Waals surface area (Å²) in [6, 6.07) is 0.349. The summed E-state index contributed by atoms with van der Waals surface area (Å²) >= 11 is 1.88. The van der Waals surface area contributed by atoms with E-state index >= 15 is 0 Å². The minimum Gasteiger partial charge on any atom is -0.328 e. The first-order valence-corrected chi connectivity index (χ1v) is 4.37. The van der Waals surface area contributed by atoms with E-state index in [-0.39, 0.29) is 0 Å². The minimum absolute atomic E-state index is 0.349. The van der Waals surface area contributed by atoms with Gasteiger partial charge in [-0.15, -0.1) is 6.58 Å². The zero-order valence-corrected chi connectivity index (χ0v) is 6.79. The summed E-state index contributed by atoms with van der Waals surface area (Å²) in [6.45, 7) is 5.66. The predicted molar refractivity (Wildman–Crippen MR) is 45.8 cm³/mol. The molecular formula is C7H15NS. The fourth-order valence-electron chi connectivity index (χ4n) is 0.436. The van der Waals surface area contributed by atoms with E-state index in [0.717, 1.165) is 17.9 Å². The molecule has 2 N–H and O–H groups in total. The van der Waals surface area contributed by atoms with Gasteiger partial charge in [-0.05, 0) is 19.1 Å². The van der Waals surface area contributed by atoms with Crippen molar-refractivity contribution in [2.45, 2.75) is 19.4 Å². The van der Waals surface area contributed by atoms with Crippen LogP contribution in [0.15, 0.2) is 12.7 Å². The van der Waals surface area contributed by atoms with Gasteiger partial charge in [-0.1, -0.05) is 6.08 Å². The van der Waals surface area contributed by atoms with Gasteiger partial charge in [-0.2, -0.15) is 11.8 Å². The molecule has 0 aromatic heterocycles. The predicted octanol–water partition coefficient (Wildman–Crippen LogP) is 1.64. The third kappa shape index (κ3) is 8.05. The third-order valence-corrected chi connectivity index (χ3v) is 1.95. The van der Waals surface area contributed by atoms with Gasteiger partial charge in [-0.3, -0.25) is 0 Å². The van der Waals surface area contributed by atoms with Crippen LogP contribution in [-0.4, -0.2) is 17.5 Å². The summed E-state index contributed by atoms with van der Waals surface area (Å²) in [4.78, 5) is 0. The molecule has 0 aliphatic heterocycles. The Bertz CT molecular complexity index is 71.3. The van der Waals surface area contributed by atoms with E-state index in [2.05, 4.69) is 6.58 Å². The van der Waals surface area contributed by atoms with Gasteiger partial charge < -0.3 is 5.73 Å². The van der Waals surface area contributed by atoms with Crippen LogP contribution in [0, 0.1) is 0 Å². The molecule has 9 heavy (non-hydrogen) atoms. The van der Waals surface area contributed by atoms with Crippen LogP contribution in [0.25, 0.3) is 0 Å². The van der Waals surface area contributed by atoms with Crippen molar-refractivity contribution in [2.24, 2.45) is 5.73 Å². The molecule has 0 aliphatic carbocycles. The second kappa shape index (κ2) is 6.17. The van der Waals surface area contributed by atoms with Crippen molar-refractivity contribution in [2.75, 3.05) is 11.5 Å². The first-order chi connectivity index (χ1) is 4.27. The molecule has 0 fully saturated rings. The zero-order valence-electron chi connectivity index (χ0n) is 5.97. The lowest BCUT2D eigenvalue weighted by Crippen LogP contribution is -2.15. The van der Waals surface area contributed by atoms with Crippen molar-refractivity contribution in [3.05, 3.63) is 12.7 Å². The normalized spacial score (nSPS) is 13.1.